The average Bonchev–Trinajstić information content (AvgIpc) is 2.30. The molecule has 0 radical (unpaired) electrons. The van der Waals surface area contributed by atoms with Crippen molar-refractivity contribution in [3.8, 4) is 0 Å². The Balaban J connectivity index is 2.06. The maximum absolute atomic E-state index is 11.8. The van der Waals surface area contributed by atoms with Crippen molar-refractivity contribution in [3.63, 3.8) is 0 Å². The third kappa shape index (κ3) is 2.92. The maximum atomic E-state index is 11.8. The van der Waals surface area contributed by atoms with Crippen molar-refractivity contribution in [1.29, 1.82) is 0 Å². The highest BCUT2D eigenvalue weighted by atomic mass is 16.5. The number of hydrogen-bond donors (Lipinski definition) is 2. The Kier molecular flexibility index (Phi) is 3.55. The van der Waals surface area contributed by atoms with Crippen LogP contribution in [0.3, 0.4) is 0 Å². The van der Waals surface area contributed by atoms with Crippen LogP contribution in [0.25, 0.3) is 0 Å². The minimum absolute atomic E-state index is 0.127. The quantitative estimate of drug-likeness (QED) is 0.738. The number of carbonyl (C=O) groups is 1. The minimum Gasteiger partial charge on any atom is -0.379 e. The number of nitrogens with one attached hydrogen (secondary N) is 2. The van der Waals surface area contributed by atoms with Gasteiger partial charge in [0.25, 0.3) is 5.91 Å². The molecule has 1 fully saturated rings. The van der Waals surface area contributed by atoms with Crippen LogP contribution in [-0.4, -0.2) is 42.2 Å². The zero-order chi connectivity index (χ0) is 12.3. The molecule has 0 bridgehead atoms. The van der Waals surface area contributed by atoms with Crippen LogP contribution in [0.2, 0.25) is 0 Å². The summed E-state index contributed by atoms with van der Waals surface area (Å²) in [6.45, 7) is 4.21. The molecular formula is C11H15N3O3. The second-order valence-corrected chi connectivity index (χ2v) is 3.93. The summed E-state index contributed by atoms with van der Waals surface area (Å²) in [7, 11) is 0. The molecule has 1 aliphatic heterocycles. The zero-order valence-electron chi connectivity index (χ0n) is 9.66. The van der Waals surface area contributed by atoms with Gasteiger partial charge in [0.1, 0.15) is 5.56 Å². The summed E-state index contributed by atoms with van der Waals surface area (Å²) in [5.74, 6) is -0.381. The topological polar surface area (TPSA) is 74.4 Å². The van der Waals surface area contributed by atoms with Gasteiger partial charge in [0, 0.05) is 31.0 Å². The van der Waals surface area contributed by atoms with E-state index < -0.39 is 0 Å². The molecule has 2 heterocycles. The molecule has 0 saturated carbocycles. The zero-order valence-corrected chi connectivity index (χ0v) is 9.66. The fraction of sp³-hybridized carbons (Fsp3) is 0.455. The van der Waals surface area contributed by atoms with E-state index in [0.29, 0.717) is 26.3 Å². The number of amides is 1. The molecule has 6 heteroatoms. The number of aromatic nitrogens is 1. The van der Waals surface area contributed by atoms with E-state index in [-0.39, 0.29) is 16.9 Å². The number of aryl methyl sites for hydroxylation is 1. The monoisotopic (exact) mass is 237 g/mol. The number of morpholine rings is 1. The Labute approximate surface area is 98.6 Å². The van der Waals surface area contributed by atoms with E-state index in [1.54, 1.807) is 11.9 Å². The lowest BCUT2D eigenvalue weighted by atomic mass is 10.2. The second kappa shape index (κ2) is 5.11. The molecule has 1 amide bonds. The van der Waals surface area contributed by atoms with Crippen molar-refractivity contribution in [1.82, 2.24) is 15.4 Å². The Hall–Kier alpha value is -1.66. The van der Waals surface area contributed by atoms with Gasteiger partial charge >= 0.3 is 0 Å². The summed E-state index contributed by atoms with van der Waals surface area (Å²) in [4.78, 5) is 26.3. The van der Waals surface area contributed by atoms with Crippen LogP contribution in [0.5, 0.6) is 0 Å². The van der Waals surface area contributed by atoms with E-state index in [1.165, 1.54) is 12.3 Å². The molecule has 0 aliphatic carbocycles. The van der Waals surface area contributed by atoms with E-state index in [1.807, 2.05) is 0 Å². The predicted octanol–water partition coefficient (Wildman–Crippen LogP) is -0.340. The van der Waals surface area contributed by atoms with Crippen LogP contribution < -0.4 is 10.9 Å². The van der Waals surface area contributed by atoms with Gasteiger partial charge in [-0.1, -0.05) is 0 Å². The molecule has 2 N–H and O–H groups in total. The number of hydrogen-bond acceptors (Lipinski definition) is 4. The molecule has 1 aliphatic rings. The van der Waals surface area contributed by atoms with Gasteiger partial charge in [0.05, 0.1) is 13.2 Å². The first-order chi connectivity index (χ1) is 8.16. The number of carbonyl (C=O) groups excluding carboxylic acids is 1. The standard InChI is InChI=1S/C11H15N3O3/c1-8-6-10(15)9(7-12-8)11(16)13-14-2-4-17-5-3-14/h6-7H,2-5H2,1H3,(H,12,15)(H,13,16). The van der Waals surface area contributed by atoms with E-state index in [2.05, 4.69) is 10.4 Å². The van der Waals surface area contributed by atoms with Crippen LogP contribution in [0.1, 0.15) is 16.1 Å². The van der Waals surface area contributed by atoms with Gasteiger partial charge < -0.3 is 9.72 Å². The lowest BCUT2D eigenvalue weighted by Gasteiger charge is -2.26. The van der Waals surface area contributed by atoms with E-state index in [9.17, 15) is 9.59 Å². The van der Waals surface area contributed by atoms with Crippen molar-refractivity contribution in [2.75, 3.05) is 26.3 Å². The summed E-state index contributed by atoms with van der Waals surface area (Å²) in [5, 5.41) is 1.76. The molecule has 1 saturated heterocycles. The van der Waals surface area contributed by atoms with E-state index in [4.69, 9.17) is 4.74 Å². The van der Waals surface area contributed by atoms with Gasteiger partial charge in [-0.3, -0.25) is 15.0 Å². The van der Waals surface area contributed by atoms with Crippen LogP contribution in [0.4, 0.5) is 0 Å². The third-order valence-corrected chi connectivity index (χ3v) is 2.57. The Morgan fingerprint density at radius 3 is 2.82 bits per heavy atom. The fourth-order valence-corrected chi connectivity index (χ4v) is 1.63. The highest BCUT2D eigenvalue weighted by Crippen LogP contribution is 1.96. The Bertz CT molecular complexity index is 463. The number of ether oxygens (including phenoxy) is 1. The van der Waals surface area contributed by atoms with Crippen LogP contribution >= 0.6 is 0 Å². The van der Waals surface area contributed by atoms with Crippen LogP contribution in [0.15, 0.2) is 17.1 Å². The molecular weight excluding hydrogens is 222 g/mol. The Morgan fingerprint density at radius 1 is 1.47 bits per heavy atom. The first kappa shape index (κ1) is 11.8. The van der Waals surface area contributed by atoms with Gasteiger partial charge in [-0.2, -0.15) is 0 Å². The van der Waals surface area contributed by atoms with Crippen molar-refractivity contribution >= 4 is 5.91 Å². The Morgan fingerprint density at radius 2 is 2.18 bits per heavy atom. The summed E-state index contributed by atoms with van der Waals surface area (Å²) in [6, 6.07) is 1.41. The van der Waals surface area contributed by atoms with Crippen molar-refractivity contribution in [3.05, 3.63) is 33.7 Å². The second-order valence-electron chi connectivity index (χ2n) is 3.93. The molecule has 92 valence electrons. The highest BCUT2D eigenvalue weighted by molar-refractivity contribution is 5.93. The molecule has 0 unspecified atom stereocenters. The van der Waals surface area contributed by atoms with Gasteiger partial charge in [0.15, 0.2) is 5.43 Å². The predicted molar refractivity (Wildman–Crippen MR) is 61.7 cm³/mol. The van der Waals surface area contributed by atoms with Crippen molar-refractivity contribution in [2.45, 2.75) is 6.92 Å². The van der Waals surface area contributed by atoms with Gasteiger partial charge in [0.2, 0.25) is 0 Å². The molecule has 1 aromatic heterocycles. The fourth-order valence-electron chi connectivity index (χ4n) is 1.63. The average molecular weight is 237 g/mol. The molecule has 0 spiro atoms. The van der Waals surface area contributed by atoms with Gasteiger partial charge in [-0.05, 0) is 6.92 Å². The molecule has 6 nitrogen and oxygen atoms in total. The molecule has 0 aromatic carbocycles. The highest BCUT2D eigenvalue weighted by Gasteiger charge is 2.16. The molecule has 2 rings (SSSR count). The van der Waals surface area contributed by atoms with Crippen molar-refractivity contribution in [2.24, 2.45) is 0 Å². The number of pyridine rings is 1. The van der Waals surface area contributed by atoms with Crippen LogP contribution in [-0.2, 0) is 4.74 Å². The number of rotatable bonds is 2. The first-order valence-corrected chi connectivity index (χ1v) is 5.50. The molecule has 17 heavy (non-hydrogen) atoms. The summed E-state index contributed by atoms with van der Waals surface area (Å²) in [5.41, 5.74) is 3.28. The van der Waals surface area contributed by atoms with Crippen LogP contribution in [0, 0.1) is 6.92 Å². The van der Waals surface area contributed by atoms with Gasteiger partial charge in [-0.25, -0.2) is 5.01 Å². The summed E-state index contributed by atoms with van der Waals surface area (Å²) < 4.78 is 5.17. The van der Waals surface area contributed by atoms with Crippen molar-refractivity contribution < 1.29 is 9.53 Å². The lowest BCUT2D eigenvalue weighted by Crippen LogP contribution is -2.49. The normalized spacial score (nSPS) is 16.8. The smallest absolute Gasteiger partial charge is 0.271 e. The SMILES string of the molecule is Cc1cc(=O)c(C(=O)NN2CCOCC2)c[nH]1. The number of hydrazine groups is 1. The number of H-pyrrole nitrogens is 1. The maximum Gasteiger partial charge on any atom is 0.271 e. The number of aromatic amines is 1. The largest absolute Gasteiger partial charge is 0.379 e. The lowest BCUT2D eigenvalue weighted by molar-refractivity contribution is 0.0126. The third-order valence-electron chi connectivity index (χ3n) is 2.57. The minimum atomic E-state index is -0.381. The summed E-state index contributed by atoms with van der Waals surface area (Å²) in [6.07, 6.45) is 1.44. The van der Waals surface area contributed by atoms with E-state index >= 15 is 0 Å². The van der Waals surface area contributed by atoms with Gasteiger partial charge in [-0.15, -0.1) is 0 Å². The number of nitrogens with zero attached hydrogens (tertiary/aromatic N) is 1. The first-order valence-electron chi connectivity index (χ1n) is 5.50. The van der Waals surface area contributed by atoms with E-state index in [0.717, 1.165) is 5.69 Å². The molecule has 1 aromatic rings. The summed E-state index contributed by atoms with van der Waals surface area (Å²) >= 11 is 0. The molecule has 0 atom stereocenters.